The zero-order valence-electron chi connectivity index (χ0n) is 12.0. The quantitative estimate of drug-likeness (QED) is 0.831. The Labute approximate surface area is 115 Å². The van der Waals surface area contributed by atoms with Crippen LogP contribution in [0, 0.1) is 5.92 Å². The third-order valence-corrected chi connectivity index (χ3v) is 4.62. The molecule has 3 rings (SSSR count). The highest BCUT2D eigenvalue weighted by Gasteiger charge is 2.47. The van der Waals surface area contributed by atoms with Gasteiger partial charge in [0.05, 0.1) is 0 Å². The van der Waals surface area contributed by atoms with Crippen molar-refractivity contribution in [3.8, 4) is 5.75 Å². The fraction of sp³-hybridized carbons (Fsp3) is 0.625. The Kier molecular flexibility index (Phi) is 3.17. The highest BCUT2D eigenvalue weighted by molar-refractivity contribution is 5.50. The molecule has 2 aliphatic rings. The summed E-state index contributed by atoms with van der Waals surface area (Å²) in [5.41, 5.74) is 8.07. The molecule has 1 fully saturated rings. The normalized spacial score (nSPS) is 29.5. The van der Waals surface area contributed by atoms with Crippen molar-refractivity contribution in [1.29, 1.82) is 0 Å². The molecule has 1 spiro atoms. The molecule has 1 aromatic carbocycles. The van der Waals surface area contributed by atoms with Gasteiger partial charge in [0.15, 0.2) is 0 Å². The smallest absolute Gasteiger partial charge is 0.123 e. The van der Waals surface area contributed by atoms with E-state index < -0.39 is 0 Å². The zero-order chi connectivity index (χ0) is 13.5. The lowest BCUT2D eigenvalue weighted by molar-refractivity contribution is -0.0150. The lowest BCUT2D eigenvalue weighted by Crippen LogP contribution is -2.48. The van der Waals surface area contributed by atoms with E-state index in [1.54, 1.807) is 0 Å². The fourth-order valence-electron chi connectivity index (χ4n) is 3.76. The maximum Gasteiger partial charge on any atom is 0.123 e. The fourth-order valence-corrected chi connectivity index (χ4v) is 3.76. The molecule has 1 aromatic rings. The first kappa shape index (κ1) is 12.8. The van der Waals surface area contributed by atoms with Crippen LogP contribution in [0.1, 0.15) is 31.2 Å². The van der Waals surface area contributed by atoms with Gasteiger partial charge >= 0.3 is 0 Å². The van der Waals surface area contributed by atoms with E-state index in [4.69, 9.17) is 10.5 Å². The van der Waals surface area contributed by atoms with E-state index in [9.17, 15) is 0 Å². The minimum absolute atomic E-state index is 0.0264. The molecule has 19 heavy (non-hydrogen) atoms. The molecular weight excluding hydrogens is 236 g/mol. The number of hydrogen-bond acceptors (Lipinski definition) is 3. The second-order valence-corrected chi connectivity index (χ2v) is 6.42. The second kappa shape index (κ2) is 4.71. The molecule has 0 radical (unpaired) electrons. The van der Waals surface area contributed by atoms with Crippen molar-refractivity contribution in [2.24, 2.45) is 5.92 Å². The first-order chi connectivity index (χ1) is 9.09. The zero-order valence-corrected chi connectivity index (χ0v) is 12.0. The number of nitrogen functional groups attached to an aromatic ring is 1. The molecule has 0 amide bonds. The maximum absolute atomic E-state index is 6.42. The van der Waals surface area contributed by atoms with Gasteiger partial charge in [0.2, 0.25) is 0 Å². The number of benzene rings is 1. The minimum Gasteiger partial charge on any atom is -0.486 e. The number of fused-ring (bicyclic) bond motifs is 1. The van der Waals surface area contributed by atoms with E-state index in [-0.39, 0.29) is 5.60 Å². The molecule has 1 saturated carbocycles. The first-order valence-corrected chi connectivity index (χ1v) is 7.31. The molecule has 3 heteroatoms. The molecule has 1 heterocycles. The van der Waals surface area contributed by atoms with Crippen LogP contribution in [0.5, 0.6) is 5.75 Å². The number of anilines is 1. The van der Waals surface area contributed by atoms with E-state index >= 15 is 0 Å². The molecule has 104 valence electrons. The van der Waals surface area contributed by atoms with Gasteiger partial charge < -0.3 is 15.4 Å². The number of hydrogen-bond donors (Lipinski definition) is 1. The third kappa shape index (κ3) is 2.32. The second-order valence-electron chi connectivity index (χ2n) is 6.42. The first-order valence-electron chi connectivity index (χ1n) is 7.31. The van der Waals surface area contributed by atoms with Gasteiger partial charge in [0.1, 0.15) is 11.4 Å². The number of nitrogens with zero attached hydrogens (tertiary/aromatic N) is 1. The summed E-state index contributed by atoms with van der Waals surface area (Å²) < 4.78 is 6.42. The van der Waals surface area contributed by atoms with Crippen LogP contribution < -0.4 is 10.5 Å². The van der Waals surface area contributed by atoms with Gasteiger partial charge in [-0.1, -0.05) is 6.42 Å². The molecule has 0 bridgehead atoms. The van der Waals surface area contributed by atoms with Crippen LogP contribution in [0.2, 0.25) is 0 Å². The van der Waals surface area contributed by atoms with Crippen LogP contribution in [0.3, 0.4) is 0 Å². The standard InChI is InChI=1S/C16H24N2O/c1-18(2)11-13-5-3-4-8-16(13)10-12-9-14(17)6-7-15(12)19-16/h6-7,9,13H,3-5,8,10-11,17H2,1-2H3. The van der Waals surface area contributed by atoms with E-state index in [0.29, 0.717) is 5.92 Å². The number of nitrogens with two attached hydrogens (primary N) is 1. The lowest BCUT2D eigenvalue weighted by Gasteiger charge is -2.41. The van der Waals surface area contributed by atoms with E-state index in [0.717, 1.165) is 24.4 Å². The van der Waals surface area contributed by atoms with Crippen molar-refractivity contribution in [1.82, 2.24) is 4.90 Å². The van der Waals surface area contributed by atoms with Crippen LogP contribution >= 0.6 is 0 Å². The Morgan fingerprint density at radius 3 is 3.00 bits per heavy atom. The van der Waals surface area contributed by atoms with Gasteiger partial charge in [-0.2, -0.15) is 0 Å². The Morgan fingerprint density at radius 1 is 1.37 bits per heavy atom. The molecule has 2 N–H and O–H groups in total. The van der Waals surface area contributed by atoms with E-state index in [2.05, 4.69) is 25.1 Å². The predicted molar refractivity (Wildman–Crippen MR) is 78.4 cm³/mol. The molecule has 2 unspecified atom stereocenters. The van der Waals surface area contributed by atoms with Crippen molar-refractivity contribution < 1.29 is 4.74 Å². The lowest BCUT2D eigenvalue weighted by atomic mass is 9.73. The largest absolute Gasteiger partial charge is 0.486 e. The van der Waals surface area contributed by atoms with Gasteiger partial charge in [-0.05, 0) is 51.6 Å². The van der Waals surface area contributed by atoms with Gasteiger partial charge in [0.25, 0.3) is 0 Å². The van der Waals surface area contributed by atoms with Crippen LogP contribution in [0.25, 0.3) is 0 Å². The van der Waals surface area contributed by atoms with E-state index in [1.807, 2.05) is 12.1 Å². The van der Waals surface area contributed by atoms with Gasteiger partial charge in [-0.15, -0.1) is 0 Å². The van der Waals surface area contributed by atoms with Gasteiger partial charge in [-0.25, -0.2) is 0 Å². The van der Waals surface area contributed by atoms with Crippen molar-refractivity contribution in [2.45, 2.75) is 37.7 Å². The van der Waals surface area contributed by atoms with Crippen molar-refractivity contribution in [3.05, 3.63) is 23.8 Å². The summed E-state index contributed by atoms with van der Waals surface area (Å²) in [5.74, 6) is 1.68. The summed E-state index contributed by atoms with van der Waals surface area (Å²) in [4.78, 5) is 2.29. The van der Waals surface area contributed by atoms with E-state index in [1.165, 1.54) is 31.2 Å². The number of ether oxygens (including phenoxy) is 1. The molecular formula is C16H24N2O. The summed E-state index contributed by atoms with van der Waals surface area (Å²) in [6.07, 6.45) is 6.11. The minimum atomic E-state index is 0.0264. The highest BCUT2D eigenvalue weighted by Crippen LogP contribution is 2.47. The maximum atomic E-state index is 6.42. The van der Waals surface area contributed by atoms with Crippen LogP contribution in [-0.2, 0) is 6.42 Å². The molecule has 0 saturated heterocycles. The van der Waals surface area contributed by atoms with Crippen molar-refractivity contribution in [2.75, 3.05) is 26.4 Å². The Balaban J connectivity index is 1.87. The average molecular weight is 260 g/mol. The molecule has 2 atom stereocenters. The highest BCUT2D eigenvalue weighted by atomic mass is 16.5. The topological polar surface area (TPSA) is 38.5 Å². The van der Waals surface area contributed by atoms with Crippen LogP contribution in [0.15, 0.2) is 18.2 Å². The van der Waals surface area contributed by atoms with Gasteiger partial charge in [-0.3, -0.25) is 0 Å². The van der Waals surface area contributed by atoms with Gasteiger partial charge in [0, 0.05) is 30.1 Å². The Hall–Kier alpha value is -1.22. The van der Waals surface area contributed by atoms with Crippen LogP contribution in [-0.4, -0.2) is 31.1 Å². The Bertz CT molecular complexity index is 472. The summed E-state index contributed by atoms with van der Waals surface area (Å²) in [5, 5.41) is 0. The summed E-state index contributed by atoms with van der Waals surface area (Å²) in [7, 11) is 4.31. The van der Waals surface area contributed by atoms with Crippen LogP contribution in [0.4, 0.5) is 5.69 Å². The average Bonchev–Trinajstić information content (AvgIpc) is 2.70. The molecule has 3 nitrogen and oxygen atoms in total. The monoisotopic (exact) mass is 260 g/mol. The Morgan fingerprint density at radius 2 is 2.21 bits per heavy atom. The third-order valence-electron chi connectivity index (χ3n) is 4.62. The van der Waals surface area contributed by atoms with Crippen molar-refractivity contribution >= 4 is 5.69 Å². The molecule has 1 aliphatic carbocycles. The SMILES string of the molecule is CN(C)CC1CCCCC12Cc1cc(N)ccc1O2. The van der Waals surface area contributed by atoms with Crippen molar-refractivity contribution in [3.63, 3.8) is 0 Å². The summed E-state index contributed by atoms with van der Waals surface area (Å²) in [6.45, 7) is 1.11. The number of rotatable bonds is 2. The summed E-state index contributed by atoms with van der Waals surface area (Å²) in [6, 6.07) is 6.08. The molecule has 1 aliphatic heterocycles. The predicted octanol–water partition coefficient (Wildman–Crippen LogP) is 2.69. The summed E-state index contributed by atoms with van der Waals surface area (Å²) >= 11 is 0. The molecule has 0 aromatic heterocycles.